The standard InChI is InChI=1S/C10H4F18O3S.C6H11N/c1-2(11,12)3(13,14)4(15,16)5(17,18)6(19,20)7(21,22)8(23,24)9(25,26)10(27,28)32(29,30)31;1-3-5-7-6-4-2/h1H3,(H,29,30,31);3-4,7H,1-2,5-6H2. The zero-order valence-electron chi connectivity index (χ0n) is 18.5. The zero-order chi connectivity index (χ0) is 32.5. The first kappa shape index (κ1) is 39.2. The van der Waals surface area contributed by atoms with Crippen molar-refractivity contribution in [3.63, 3.8) is 0 Å². The first-order valence-electron chi connectivity index (χ1n) is 8.96. The maximum absolute atomic E-state index is 13.3. The highest BCUT2D eigenvalue weighted by molar-refractivity contribution is 7.87. The average Bonchev–Trinajstić information content (AvgIpc) is 2.71. The topological polar surface area (TPSA) is 66.4 Å². The van der Waals surface area contributed by atoms with Crippen LogP contribution in [0.1, 0.15) is 6.92 Å². The molecule has 0 aliphatic rings. The number of rotatable bonds is 13. The van der Waals surface area contributed by atoms with Gasteiger partial charge in [-0.25, -0.2) is 0 Å². The lowest BCUT2D eigenvalue weighted by atomic mass is 9.88. The first-order chi connectivity index (χ1) is 16.7. The molecular weight excluding hydrogens is 628 g/mol. The SMILES string of the molecule is C=CCNCC=C.CC(F)(F)C(F)(F)C(F)(F)C(F)(F)C(F)(F)C(F)(F)C(F)(F)C(F)(F)C(F)(F)S(=O)(=O)O. The summed E-state index contributed by atoms with van der Waals surface area (Å²) < 4.78 is 262. The van der Waals surface area contributed by atoms with E-state index >= 15 is 0 Å². The molecule has 0 aromatic heterocycles. The highest BCUT2D eigenvalue weighted by Crippen LogP contribution is 2.65. The van der Waals surface area contributed by atoms with Crippen LogP contribution in [0.2, 0.25) is 0 Å². The Balaban J connectivity index is 0. The summed E-state index contributed by atoms with van der Waals surface area (Å²) in [5.41, 5.74) is 0. The summed E-state index contributed by atoms with van der Waals surface area (Å²) in [4.78, 5) is 0. The molecule has 0 rings (SSSR count). The van der Waals surface area contributed by atoms with Crippen molar-refractivity contribution in [2.75, 3.05) is 13.1 Å². The van der Waals surface area contributed by atoms with E-state index in [9.17, 15) is 87.4 Å². The van der Waals surface area contributed by atoms with E-state index in [0.717, 1.165) is 13.1 Å². The molecule has 0 atom stereocenters. The first-order valence-corrected chi connectivity index (χ1v) is 10.4. The molecule has 0 aromatic rings. The van der Waals surface area contributed by atoms with Crippen LogP contribution in [0.15, 0.2) is 25.3 Å². The van der Waals surface area contributed by atoms with E-state index in [1.54, 1.807) is 0 Å². The van der Waals surface area contributed by atoms with Crippen LogP contribution < -0.4 is 5.32 Å². The summed E-state index contributed by atoms with van der Waals surface area (Å²) in [6.07, 6.45) is 3.65. The highest BCUT2D eigenvalue weighted by Gasteiger charge is 2.97. The van der Waals surface area contributed by atoms with Gasteiger partial charge < -0.3 is 5.32 Å². The minimum Gasteiger partial charge on any atom is -0.310 e. The van der Waals surface area contributed by atoms with Crippen LogP contribution in [0.5, 0.6) is 0 Å². The molecular formula is C16H15F18NO3S. The predicted molar refractivity (Wildman–Crippen MR) is 95.0 cm³/mol. The highest BCUT2D eigenvalue weighted by atomic mass is 32.2. The molecule has 234 valence electrons. The predicted octanol–water partition coefficient (Wildman–Crippen LogP) is 6.52. The van der Waals surface area contributed by atoms with E-state index in [2.05, 4.69) is 18.5 Å². The molecule has 0 bridgehead atoms. The molecule has 0 amide bonds. The van der Waals surface area contributed by atoms with E-state index in [1.807, 2.05) is 12.2 Å². The van der Waals surface area contributed by atoms with Crippen LogP contribution in [0.3, 0.4) is 0 Å². The Labute approximate surface area is 206 Å². The molecule has 0 saturated carbocycles. The molecule has 0 aliphatic carbocycles. The molecule has 0 radical (unpaired) electrons. The second-order valence-corrected chi connectivity index (χ2v) is 8.60. The van der Waals surface area contributed by atoms with Gasteiger partial charge in [-0.05, 0) is 0 Å². The van der Waals surface area contributed by atoms with Gasteiger partial charge in [-0.2, -0.15) is 87.4 Å². The fraction of sp³-hybridized carbons (Fsp3) is 0.750. The number of nitrogens with one attached hydrogen (secondary N) is 1. The third-order valence-corrected chi connectivity index (χ3v) is 5.09. The third-order valence-electron chi connectivity index (χ3n) is 4.18. The fourth-order valence-corrected chi connectivity index (χ4v) is 2.35. The maximum atomic E-state index is 13.3. The van der Waals surface area contributed by atoms with Crippen molar-refractivity contribution >= 4 is 10.1 Å². The largest absolute Gasteiger partial charge is 0.438 e. The molecule has 0 spiro atoms. The van der Waals surface area contributed by atoms with Crippen LogP contribution in [-0.2, 0) is 10.1 Å². The Kier molecular flexibility index (Phi) is 11.2. The Morgan fingerprint density at radius 1 is 0.564 bits per heavy atom. The molecule has 0 heterocycles. The number of halogens is 18. The van der Waals surface area contributed by atoms with Crippen molar-refractivity contribution in [1.82, 2.24) is 5.32 Å². The van der Waals surface area contributed by atoms with Crippen LogP contribution >= 0.6 is 0 Å². The van der Waals surface area contributed by atoms with E-state index in [0.29, 0.717) is 0 Å². The summed E-state index contributed by atoms with van der Waals surface area (Å²) in [5, 5.41) is -4.85. The average molecular weight is 643 g/mol. The molecule has 0 unspecified atom stereocenters. The number of alkyl halides is 18. The van der Waals surface area contributed by atoms with Crippen molar-refractivity contribution < 1.29 is 92.0 Å². The monoisotopic (exact) mass is 643 g/mol. The van der Waals surface area contributed by atoms with Crippen LogP contribution in [0, 0.1) is 0 Å². The second-order valence-electron chi connectivity index (χ2n) is 7.14. The summed E-state index contributed by atoms with van der Waals surface area (Å²) >= 11 is 0. The molecule has 4 nitrogen and oxygen atoms in total. The molecule has 0 fully saturated rings. The van der Waals surface area contributed by atoms with Gasteiger partial charge >= 0.3 is 62.8 Å². The van der Waals surface area contributed by atoms with E-state index in [4.69, 9.17) is 4.55 Å². The van der Waals surface area contributed by atoms with Crippen molar-refractivity contribution in [3.05, 3.63) is 25.3 Å². The molecule has 0 saturated heterocycles. The Bertz CT molecular complexity index is 963. The molecule has 23 heteroatoms. The van der Waals surface area contributed by atoms with Crippen molar-refractivity contribution in [2.24, 2.45) is 0 Å². The van der Waals surface area contributed by atoms with Gasteiger partial charge in [0.15, 0.2) is 0 Å². The Morgan fingerprint density at radius 2 is 0.795 bits per heavy atom. The summed E-state index contributed by atoms with van der Waals surface area (Å²) in [6, 6.07) is 0. The van der Waals surface area contributed by atoms with Crippen LogP contribution in [0.4, 0.5) is 79.0 Å². The molecule has 2 N–H and O–H groups in total. The lowest BCUT2D eigenvalue weighted by molar-refractivity contribution is -0.458. The summed E-state index contributed by atoms with van der Waals surface area (Å²) in [6.45, 7) is 7.43. The van der Waals surface area contributed by atoms with E-state index in [-0.39, 0.29) is 0 Å². The summed E-state index contributed by atoms with van der Waals surface area (Å²) in [5.74, 6) is -66.9. The van der Waals surface area contributed by atoms with E-state index < -0.39 is 69.7 Å². The lowest BCUT2D eigenvalue weighted by Gasteiger charge is -2.43. The molecule has 0 aliphatic heterocycles. The zero-order valence-corrected chi connectivity index (χ0v) is 19.3. The van der Waals surface area contributed by atoms with Crippen molar-refractivity contribution in [3.8, 4) is 0 Å². The smallest absolute Gasteiger partial charge is 0.310 e. The minimum atomic E-state index is -9.00. The quantitative estimate of drug-likeness (QED) is 0.104. The number of hydrogen-bond donors (Lipinski definition) is 2. The normalized spacial score (nSPS) is 15.4. The van der Waals surface area contributed by atoms with Gasteiger partial charge in [-0.15, -0.1) is 13.2 Å². The van der Waals surface area contributed by atoms with Gasteiger partial charge in [0.05, 0.1) is 0 Å². The van der Waals surface area contributed by atoms with Crippen LogP contribution in [0.25, 0.3) is 0 Å². The second kappa shape index (κ2) is 11.2. The van der Waals surface area contributed by atoms with Gasteiger partial charge in [0.25, 0.3) is 0 Å². The molecule has 0 aromatic carbocycles. The molecule has 39 heavy (non-hydrogen) atoms. The Morgan fingerprint density at radius 3 is 1.00 bits per heavy atom. The Hall–Kier alpha value is -1.91. The minimum absolute atomic E-state index is 0.867. The van der Waals surface area contributed by atoms with Gasteiger partial charge in [-0.3, -0.25) is 4.55 Å². The summed E-state index contributed by atoms with van der Waals surface area (Å²) in [7, 11) is -7.95. The van der Waals surface area contributed by atoms with Gasteiger partial charge in [0, 0.05) is 20.0 Å². The van der Waals surface area contributed by atoms with Gasteiger partial charge in [0.1, 0.15) is 0 Å². The van der Waals surface area contributed by atoms with Gasteiger partial charge in [0.2, 0.25) is 0 Å². The van der Waals surface area contributed by atoms with Gasteiger partial charge in [-0.1, -0.05) is 12.2 Å². The number of hydrogen-bond acceptors (Lipinski definition) is 3. The van der Waals surface area contributed by atoms with Crippen molar-refractivity contribution in [2.45, 2.75) is 59.6 Å². The lowest BCUT2D eigenvalue weighted by Crippen LogP contribution is -2.76. The van der Waals surface area contributed by atoms with Crippen LogP contribution in [-0.4, -0.2) is 78.7 Å². The van der Waals surface area contributed by atoms with E-state index in [1.165, 1.54) is 0 Å². The maximum Gasteiger partial charge on any atom is 0.438 e. The third kappa shape index (κ3) is 6.07. The fourth-order valence-electron chi connectivity index (χ4n) is 1.89. The van der Waals surface area contributed by atoms with Crippen molar-refractivity contribution in [1.29, 1.82) is 0 Å².